The quantitative estimate of drug-likeness (QED) is 0.528. The highest BCUT2D eigenvalue weighted by atomic mass is 79.9. The average Bonchev–Trinajstić information content (AvgIpc) is 2.71. The number of alkyl carbamates (subject to hydrolysis) is 1. The molecule has 3 atom stereocenters. The number of ether oxygens (including phenoxy) is 1. The van der Waals surface area contributed by atoms with Gasteiger partial charge < -0.3 is 25.4 Å². The van der Waals surface area contributed by atoms with E-state index in [0.29, 0.717) is 25.3 Å². The van der Waals surface area contributed by atoms with Gasteiger partial charge in [-0.3, -0.25) is 4.98 Å². The molecule has 2 aromatic rings. The van der Waals surface area contributed by atoms with Crippen LogP contribution in [0.25, 0.3) is 0 Å². The molecule has 3 N–H and O–H groups in total. The second kappa shape index (κ2) is 9.99. The number of aliphatic hydroxyl groups excluding tert-OH is 1. The first-order valence-electron chi connectivity index (χ1n) is 10.4. The summed E-state index contributed by atoms with van der Waals surface area (Å²) >= 11 is 3.10. The normalized spacial score (nSPS) is 21.2. The van der Waals surface area contributed by atoms with Gasteiger partial charge in [-0.05, 0) is 54.9 Å². The van der Waals surface area contributed by atoms with Gasteiger partial charge in [0.1, 0.15) is 10.2 Å². The zero-order valence-corrected chi connectivity index (χ0v) is 20.2. The number of halogens is 2. The van der Waals surface area contributed by atoms with Gasteiger partial charge in [0.25, 0.3) is 0 Å². The second-order valence-electron chi connectivity index (χ2n) is 8.95. The smallest absolute Gasteiger partial charge is 0.408 e. The molecule has 0 aromatic carbocycles. The molecule has 0 radical (unpaired) electrons. The minimum absolute atomic E-state index is 0.0839. The van der Waals surface area contributed by atoms with Crippen molar-refractivity contribution < 1.29 is 19.0 Å². The molecule has 3 heterocycles. The molecule has 10 heteroatoms. The Labute approximate surface area is 195 Å². The molecule has 0 unspecified atom stereocenters. The third kappa shape index (κ3) is 6.29. The molecule has 1 fully saturated rings. The fourth-order valence-corrected chi connectivity index (χ4v) is 3.96. The van der Waals surface area contributed by atoms with E-state index in [1.165, 1.54) is 6.07 Å². The lowest BCUT2D eigenvalue weighted by molar-refractivity contribution is 0.0303. The van der Waals surface area contributed by atoms with E-state index < -0.39 is 29.7 Å². The predicted octanol–water partition coefficient (Wildman–Crippen LogP) is 3.70. The van der Waals surface area contributed by atoms with Crippen molar-refractivity contribution in [1.29, 1.82) is 0 Å². The van der Waals surface area contributed by atoms with Crippen molar-refractivity contribution in [2.75, 3.05) is 23.3 Å². The fraction of sp³-hybridized carbons (Fsp3) is 0.500. The lowest BCUT2D eigenvalue weighted by Gasteiger charge is -2.42. The van der Waals surface area contributed by atoms with Crippen LogP contribution in [0.3, 0.4) is 0 Å². The molecule has 0 bridgehead atoms. The number of nitrogens with zero attached hydrogens (tertiary/aromatic N) is 3. The molecule has 32 heavy (non-hydrogen) atoms. The Morgan fingerprint density at radius 3 is 2.78 bits per heavy atom. The molecule has 0 spiro atoms. The van der Waals surface area contributed by atoms with Gasteiger partial charge in [0.15, 0.2) is 5.82 Å². The third-order valence-electron chi connectivity index (χ3n) is 5.08. The van der Waals surface area contributed by atoms with Crippen molar-refractivity contribution in [2.45, 2.75) is 52.0 Å². The van der Waals surface area contributed by atoms with Crippen LogP contribution in [0.15, 0.2) is 35.2 Å². The molecule has 0 saturated carbocycles. The van der Waals surface area contributed by atoms with Crippen LogP contribution in [0, 0.1) is 11.7 Å². The number of hydrogen-bond acceptors (Lipinski definition) is 7. The summed E-state index contributed by atoms with van der Waals surface area (Å²) in [5.41, 5.74) is 1.70. The minimum atomic E-state index is -0.696. The van der Waals surface area contributed by atoms with E-state index in [-0.39, 0.29) is 10.5 Å². The van der Waals surface area contributed by atoms with E-state index in [1.54, 1.807) is 39.2 Å². The first kappa shape index (κ1) is 24.2. The summed E-state index contributed by atoms with van der Waals surface area (Å²) in [6.07, 6.45) is 2.15. The van der Waals surface area contributed by atoms with Gasteiger partial charge in [-0.15, -0.1) is 0 Å². The van der Waals surface area contributed by atoms with Crippen molar-refractivity contribution in [3.63, 3.8) is 0 Å². The van der Waals surface area contributed by atoms with E-state index in [4.69, 9.17) is 4.74 Å². The van der Waals surface area contributed by atoms with E-state index in [2.05, 4.69) is 41.4 Å². The molecule has 8 nitrogen and oxygen atoms in total. The zero-order valence-electron chi connectivity index (χ0n) is 18.6. The lowest BCUT2D eigenvalue weighted by Crippen LogP contribution is -2.59. The number of carbonyl (C=O) groups is 1. The Hall–Kier alpha value is -2.46. The van der Waals surface area contributed by atoms with Gasteiger partial charge in [-0.2, -0.15) is 0 Å². The Bertz CT molecular complexity index is 955. The van der Waals surface area contributed by atoms with Crippen LogP contribution in [0.1, 0.15) is 33.4 Å². The van der Waals surface area contributed by atoms with Gasteiger partial charge in [0, 0.05) is 25.2 Å². The van der Waals surface area contributed by atoms with E-state index in [0.717, 1.165) is 11.4 Å². The van der Waals surface area contributed by atoms with Gasteiger partial charge in [-0.1, -0.05) is 6.92 Å². The molecule has 1 aliphatic rings. The largest absolute Gasteiger partial charge is 0.444 e. The first-order valence-corrected chi connectivity index (χ1v) is 11.2. The van der Waals surface area contributed by atoms with Crippen LogP contribution >= 0.6 is 15.9 Å². The van der Waals surface area contributed by atoms with Crippen LogP contribution in [0.5, 0.6) is 0 Å². The number of aliphatic hydroxyl groups is 1. The summed E-state index contributed by atoms with van der Waals surface area (Å²) in [6, 6.07) is 4.36. The maximum absolute atomic E-state index is 13.4. The summed E-state index contributed by atoms with van der Waals surface area (Å²) in [4.78, 5) is 22.8. The molecule has 1 aliphatic heterocycles. The molecule has 1 amide bonds. The highest BCUT2D eigenvalue weighted by Gasteiger charge is 2.35. The predicted molar refractivity (Wildman–Crippen MR) is 124 cm³/mol. The molecule has 3 rings (SSSR count). The fourth-order valence-electron chi connectivity index (χ4n) is 3.60. The summed E-state index contributed by atoms with van der Waals surface area (Å²) in [6.45, 7) is 8.71. The van der Waals surface area contributed by atoms with Crippen LogP contribution in [-0.4, -0.2) is 52.0 Å². The number of rotatable bonds is 5. The minimum Gasteiger partial charge on any atom is -0.444 e. The molecule has 2 aromatic heterocycles. The monoisotopic (exact) mass is 509 g/mol. The number of piperidine rings is 1. The van der Waals surface area contributed by atoms with E-state index in [9.17, 15) is 14.3 Å². The summed E-state index contributed by atoms with van der Waals surface area (Å²) in [5.74, 6) is -0.500. The van der Waals surface area contributed by atoms with Crippen molar-refractivity contribution in [2.24, 2.45) is 5.92 Å². The first-order chi connectivity index (χ1) is 15.0. The van der Waals surface area contributed by atoms with Crippen LogP contribution < -0.4 is 15.5 Å². The number of amides is 1. The number of nitrogens with one attached hydrogen (secondary N) is 2. The third-order valence-corrected chi connectivity index (χ3v) is 5.64. The molecular weight excluding hydrogens is 481 g/mol. The van der Waals surface area contributed by atoms with Crippen molar-refractivity contribution in [3.8, 4) is 0 Å². The Morgan fingerprint density at radius 2 is 2.09 bits per heavy atom. The Balaban J connectivity index is 1.73. The topological polar surface area (TPSA) is 99.6 Å². The highest BCUT2D eigenvalue weighted by molar-refractivity contribution is 9.10. The summed E-state index contributed by atoms with van der Waals surface area (Å²) < 4.78 is 19.0. The summed E-state index contributed by atoms with van der Waals surface area (Å²) in [7, 11) is 0. The van der Waals surface area contributed by atoms with E-state index in [1.807, 2.05) is 13.0 Å². The zero-order chi connectivity index (χ0) is 23.5. The van der Waals surface area contributed by atoms with Gasteiger partial charge in [-0.25, -0.2) is 14.2 Å². The SMILES string of the molecule is C[C@H]1CN(c2ccncc2NCc2ccc(F)c(Br)n2)C[C@@H](NC(=O)OC(C)(C)C)[C@@H]1O. The number of hydrogen-bond donors (Lipinski definition) is 3. The van der Waals surface area contributed by atoms with Gasteiger partial charge >= 0.3 is 6.09 Å². The number of anilines is 2. The Kier molecular flexibility index (Phi) is 7.55. The van der Waals surface area contributed by atoms with Crippen molar-refractivity contribution in [3.05, 3.63) is 46.7 Å². The second-order valence-corrected chi connectivity index (χ2v) is 9.70. The summed E-state index contributed by atoms with van der Waals surface area (Å²) in [5, 5.41) is 16.8. The number of pyridine rings is 2. The number of aromatic nitrogens is 2. The van der Waals surface area contributed by atoms with Crippen LogP contribution in [-0.2, 0) is 11.3 Å². The molecule has 174 valence electrons. The average molecular weight is 510 g/mol. The Morgan fingerprint density at radius 1 is 1.34 bits per heavy atom. The van der Waals surface area contributed by atoms with Crippen molar-refractivity contribution >= 4 is 33.4 Å². The van der Waals surface area contributed by atoms with Gasteiger partial charge in [0.2, 0.25) is 0 Å². The van der Waals surface area contributed by atoms with Gasteiger partial charge in [0.05, 0.1) is 42.0 Å². The molecular formula is C22H29BrFN5O3. The van der Waals surface area contributed by atoms with Crippen LogP contribution in [0.2, 0.25) is 0 Å². The standard InChI is InChI=1S/C22H29BrFN5O3/c1-13-11-29(12-17(19(13)30)28-21(31)32-22(2,3)4)18-7-8-25-10-16(18)26-9-14-5-6-15(24)20(23)27-14/h5-8,10,13,17,19,26,30H,9,11-12H2,1-4H3,(H,28,31)/t13-,17+,19+/m0/s1. The molecule has 0 aliphatic carbocycles. The number of carbonyl (C=O) groups excluding carboxylic acids is 1. The van der Waals surface area contributed by atoms with E-state index >= 15 is 0 Å². The van der Waals surface area contributed by atoms with Crippen LogP contribution in [0.4, 0.5) is 20.6 Å². The lowest BCUT2D eigenvalue weighted by atomic mass is 9.92. The highest BCUT2D eigenvalue weighted by Crippen LogP contribution is 2.30. The molecule has 1 saturated heterocycles. The van der Waals surface area contributed by atoms with Crippen molar-refractivity contribution in [1.82, 2.24) is 15.3 Å². The maximum atomic E-state index is 13.4. The maximum Gasteiger partial charge on any atom is 0.408 e.